The van der Waals surface area contributed by atoms with E-state index < -0.39 is 10.9 Å². The zero-order chi connectivity index (χ0) is 18.3. The van der Waals surface area contributed by atoms with Crippen molar-refractivity contribution in [2.75, 3.05) is 0 Å². The lowest BCUT2D eigenvalue weighted by Crippen LogP contribution is -2.05. The Morgan fingerprint density at radius 3 is 2.62 bits per heavy atom. The van der Waals surface area contributed by atoms with E-state index in [4.69, 9.17) is 0 Å². The first-order chi connectivity index (χ1) is 12.6. The number of nitro groups is 1. The number of allylic oxidation sites excluding steroid dienone is 1. The monoisotopic (exact) mass is 346 g/mol. The van der Waals surface area contributed by atoms with Crippen molar-refractivity contribution >= 4 is 34.2 Å². The second kappa shape index (κ2) is 6.07. The molecule has 0 radical (unpaired) electrons. The molecule has 2 aromatic carbocycles. The lowest BCUT2D eigenvalue weighted by Gasteiger charge is -2.09. The van der Waals surface area contributed by atoms with E-state index in [0.29, 0.717) is 40.6 Å². The highest BCUT2D eigenvalue weighted by Gasteiger charge is 2.27. The Morgan fingerprint density at radius 2 is 1.85 bits per heavy atom. The first-order valence-electron chi connectivity index (χ1n) is 8.15. The van der Waals surface area contributed by atoms with Crippen LogP contribution in [0.5, 0.6) is 0 Å². The fraction of sp³-hybridized carbons (Fsp3) is 0.100. The van der Waals surface area contributed by atoms with Crippen molar-refractivity contribution in [1.29, 1.82) is 0 Å². The van der Waals surface area contributed by atoms with Crippen LogP contribution in [-0.2, 0) is 6.42 Å². The standard InChI is InChI=1S/C20H14N2O4/c23-20(24)18-14-6-2-3-7-16(14)21-19-13(9-10-15(18)19)11-12-5-1-4-8-17(12)22(25)26/h1-8,11H,9-10H2,(H,23,24)/b13-11+. The molecule has 0 saturated heterocycles. The summed E-state index contributed by atoms with van der Waals surface area (Å²) in [6, 6.07) is 13.7. The number of fused-ring (bicyclic) bond motifs is 2. The van der Waals surface area contributed by atoms with E-state index in [0.717, 1.165) is 5.57 Å². The largest absolute Gasteiger partial charge is 0.478 e. The van der Waals surface area contributed by atoms with Gasteiger partial charge < -0.3 is 5.11 Å². The SMILES string of the molecule is O=C(O)c1c2c(nc3ccccc13)/C(=C/c1ccccc1[N+](=O)[O-])CC2. The molecular formula is C20H14N2O4. The molecule has 26 heavy (non-hydrogen) atoms. The highest BCUT2D eigenvalue weighted by atomic mass is 16.6. The molecular weight excluding hydrogens is 332 g/mol. The van der Waals surface area contributed by atoms with Crippen LogP contribution in [0, 0.1) is 10.1 Å². The lowest BCUT2D eigenvalue weighted by atomic mass is 10.0. The summed E-state index contributed by atoms with van der Waals surface area (Å²) in [6.07, 6.45) is 2.91. The van der Waals surface area contributed by atoms with Gasteiger partial charge in [-0.3, -0.25) is 10.1 Å². The molecule has 1 aliphatic rings. The molecule has 1 aliphatic carbocycles. The first kappa shape index (κ1) is 16.0. The van der Waals surface area contributed by atoms with Gasteiger partial charge in [0.1, 0.15) is 0 Å². The minimum Gasteiger partial charge on any atom is -0.478 e. The molecule has 0 spiro atoms. The molecule has 0 aliphatic heterocycles. The van der Waals surface area contributed by atoms with Crippen molar-refractivity contribution in [3.05, 3.63) is 81.0 Å². The van der Waals surface area contributed by atoms with Gasteiger partial charge in [0, 0.05) is 11.5 Å². The van der Waals surface area contributed by atoms with E-state index in [2.05, 4.69) is 4.98 Å². The van der Waals surface area contributed by atoms with Crippen molar-refractivity contribution < 1.29 is 14.8 Å². The number of pyridine rings is 1. The average molecular weight is 346 g/mol. The van der Waals surface area contributed by atoms with Crippen LogP contribution in [0.15, 0.2) is 48.5 Å². The third-order valence-corrected chi connectivity index (χ3v) is 4.62. The van der Waals surface area contributed by atoms with E-state index in [-0.39, 0.29) is 11.3 Å². The number of nitrogens with zero attached hydrogens (tertiary/aromatic N) is 2. The van der Waals surface area contributed by atoms with Gasteiger partial charge in [-0.05, 0) is 42.2 Å². The number of carboxylic acid groups (broad SMARTS) is 1. The van der Waals surface area contributed by atoms with Crippen molar-refractivity contribution in [1.82, 2.24) is 4.98 Å². The molecule has 0 bridgehead atoms. The Hall–Kier alpha value is -3.54. The Labute approximate surface area is 148 Å². The van der Waals surface area contributed by atoms with Gasteiger partial charge in [0.25, 0.3) is 5.69 Å². The van der Waals surface area contributed by atoms with Crippen LogP contribution >= 0.6 is 0 Å². The summed E-state index contributed by atoms with van der Waals surface area (Å²) in [5.74, 6) is -0.980. The smallest absolute Gasteiger partial charge is 0.336 e. The van der Waals surface area contributed by atoms with Crippen molar-refractivity contribution in [3.8, 4) is 0 Å². The quantitative estimate of drug-likeness (QED) is 0.563. The topological polar surface area (TPSA) is 93.3 Å². The normalized spacial score (nSPS) is 14.5. The van der Waals surface area contributed by atoms with Gasteiger partial charge in [0.2, 0.25) is 0 Å². The Kier molecular flexibility index (Phi) is 3.73. The fourth-order valence-corrected chi connectivity index (χ4v) is 3.49. The van der Waals surface area contributed by atoms with Crippen LogP contribution in [0.3, 0.4) is 0 Å². The molecule has 1 heterocycles. The van der Waals surface area contributed by atoms with Crippen LogP contribution < -0.4 is 0 Å². The van der Waals surface area contributed by atoms with Crippen molar-refractivity contribution in [2.45, 2.75) is 12.8 Å². The van der Waals surface area contributed by atoms with Gasteiger partial charge in [-0.15, -0.1) is 0 Å². The number of aromatic carboxylic acids is 1. The maximum Gasteiger partial charge on any atom is 0.336 e. The summed E-state index contributed by atoms with van der Waals surface area (Å²) >= 11 is 0. The van der Waals surface area contributed by atoms with Gasteiger partial charge in [-0.25, -0.2) is 9.78 Å². The zero-order valence-corrected chi connectivity index (χ0v) is 13.7. The fourth-order valence-electron chi connectivity index (χ4n) is 3.49. The highest BCUT2D eigenvalue weighted by molar-refractivity contribution is 6.06. The molecule has 0 saturated carbocycles. The maximum absolute atomic E-state index is 11.8. The summed E-state index contributed by atoms with van der Waals surface area (Å²) in [7, 11) is 0. The van der Waals surface area contributed by atoms with Crippen LogP contribution in [0.2, 0.25) is 0 Å². The van der Waals surface area contributed by atoms with Crippen LogP contribution in [0.1, 0.15) is 33.6 Å². The van der Waals surface area contributed by atoms with Gasteiger partial charge in [-0.1, -0.05) is 30.3 Å². The number of benzene rings is 2. The van der Waals surface area contributed by atoms with E-state index in [1.807, 2.05) is 6.07 Å². The molecule has 4 rings (SSSR count). The summed E-state index contributed by atoms with van der Waals surface area (Å²) in [5, 5.41) is 21.6. The molecule has 128 valence electrons. The molecule has 1 aromatic heterocycles. The Balaban J connectivity index is 1.94. The third-order valence-electron chi connectivity index (χ3n) is 4.62. The first-order valence-corrected chi connectivity index (χ1v) is 8.15. The molecule has 6 heteroatoms. The summed E-state index contributed by atoms with van der Waals surface area (Å²) in [5.41, 5.74) is 3.54. The number of carbonyl (C=O) groups is 1. The minimum absolute atomic E-state index is 0.0210. The maximum atomic E-state index is 11.8. The predicted molar refractivity (Wildman–Crippen MR) is 98.0 cm³/mol. The second-order valence-electron chi connectivity index (χ2n) is 6.12. The number of rotatable bonds is 3. The van der Waals surface area contributed by atoms with E-state index in [1.54, 1.807) is 42.5 Å². The number of carboxylic acids is 1. The molecule has 0 amide bonds. The molecule has 1 N–H and O–H groups in total. The molecule has 0 unspecified atom stereocenters. The minimum atomic E-state index is -0.980. The number of hydrogen-bond acceptors (Lipinski definition) is 4. The van der Waals surface area contributed by atoms with Crippen LogP contribution in [0.4, 0.5) is 5.69 Å². The lowest BCUT2D eigenvalue weighted by molar-refractivity contribution is -0.385. The number of aromatic nitrogens is 1. The molecule has 0 atom stereocenters. The van der Waals surface area contributed by atoms with Gasteiger partial charge in [0.15, 0.2) is 0 Å². The van der Waals surface area contributed by atoms with E-state index >= 15 is 0 Å². The predicted octanol–water partition coefficient (Wildman–Crippen LogP) is 4.33. The van der Waals surface area contributed by atoms with E-state index in [9.17, 15) is 20.0 Å². The zero-order valence-electron chi connectivity index (χ0n) is 13.7. The van der Waals surface area contributed by atoms with Crippen molar-refractivity contribution in [3.63, 3.8) is 0 Å². The summed E-state index contributed by atoms with van der Waals surface area (Å²) < 4.78 is 0. The van der Waals surface area contributed by atoms with Gasteiger partial charge >= 0.3 is 5.97 Å². The highest BCUT2D eigenvalue weighted by Crippen LogP contribution is 2.38. The van der Waals surface area contributed by atoms with Crippen molar-refractivity contribution in [2.24, 2.45) is 0 Å². The number of para-hydroxylation sites is 2. The molecule has 0 fully saturated rings. The molecule has 3 aromatic rings. The summed E-state index contributed by atoms with van der Waals surface area (Å²) in [6.45, 7) is 0. The number of hydrogen-bond donors (Lipinski definition) is 1. The molecule has 6 nitrogen and oxygen atoms in total. The second-order valence-corrected chi connectivity index (χ2v) is 6.12. The summed E-state index contributed by atoms with van der Waals surface area (Å²) in [4.78, 5) is 27.3. The van der Waals surface area contributed by atoms with Crippen LogP contribution in [-0.4, -0.2) is 21.0 Å². The van der Waals surface area contributed by atoms with Crippen LogP contribution in [0.25, 0.3) is 22.6 Å². The average Bonchev–Trinajstić information content (AvgIpc) is 3.02. The van der Waals surface area contributed by atoms with Gasteiger partial charge in [0.05, 0.1) is 27.3 Å². The Morgan fingerprint density at radius 1 is 1.12 bits per heavy atom. The third kappa shape index (κ3) is 2.52. The number of nitro benzene ring substituents is 1. The van der Waals surface area contributed by atoms with Gasteiger partial charge in [-0.2, -0.15) is 0 Å². The van der Waals surface area contributed by atoms with E-state index in [1.165, 1.54) is 6.07 Å². The Bertz CT molecular complexity index is 1100.